The van der Waals surface area contributed by atoms with Gasteiger partial charge in [0.05, 0.1) is 4.88 Å². The SMILES string of the molecule is CCCCCCCCNC(=O)c1cc2ccc3c4ccc5ccsc5c4ccc3c2s1. The molecule has 0 aliphatic heterocycles. The van der Waals surface area contributed by atoms with Gasteiger partial charge >= 0.3 is 0 Å². The maximum Gasteiger partial charge on any atom is 0.261 e. The van der Waals surface area contributed by atoms with Crippen molar-refractivity contribution in [1.29, 1.82) is 0 Å². The number of amides is 1. The lowest BCUT2D eigenvalue weighted by Gasteiger charge is -2.06. The van der Waals surface area contributed by atoms with E-state index in [1.54, 1.807) is 22.7 Å². The van der Waals surface area contributed by atoms with Crippen LogP contribution in [-0.2, 0) is 0 Å². The lowest BCUT2D eigenvalue weighted by molar-refractivity contribution is 0.0957. The molecule has 5 rings (SSSR count). The van der Waals surface area contributed by atoms with Gasteiger partial charge in [-0.2, -0.15) is 0 Å². The topological polar surface area (TPSA) is 29.1 Å². The normalized spacial score (nSPS) is 11.8. The Bertz CT molecular complexity index is 1380. The quantitative estimate of drug-likeness (QED) is 0.188. The number of rotatable bonds is 8. The first-order chi connectivity index (χ1) is 15.3. The largest absolute Gasteiger partial charge is 0.351 e. The third-order valence-corrected chi connectivity index (χ3v) is 8.28. The molecule has 3 aromatic carbocycles. The minimum absolute atomic E-state index is 0.0593. The van der Waals surface area contributed by atoms with Crippen molar-refractivity contribution in [3.63, 3.8) is 0 Å². The van der Waals surface area contributed by atoms with Gasteiger partial charge in [0.2, 0.25) is 0 Å². The van der Waals surface area contributed by atoms with Crippen LogP contribution < -0.4 is 5.32 Å². The van der Waals surface area contributed by atoms with Crippen LogP contribution in [0.25, 0.3) is 41.7 Å². The Kier molecular flexibility index (Phi) is 5.93. The van der Waals surface area contributed by atoms with Crippen molar-refractivity contribution < 1.29 is 4.79 Å². The van der Waals surface area contributed by atoms with Crippen LogP contribution in [0.2, 0.25) is 0 Å². The van der Waals surface area contributed by atoms with E-state index in [2.05, 4.69) is 60.1 Å². The molecule has 2 heterocycles. The van der Waals surface area contributed by atoms with Crippen LogP contribution >= 0.6 is 22.7 Å². The molecule has 0 unspecified atom stereocenters. The summed E-state index contributed by atoms with van der Waals surface area (Å²) in [6, 6.07) is 17.5. The zero-order chi connectivity index (χ0) is 21.2. The summed E-state index contributed by atoms with van der Waals surface area (Å²) in [7, 11) is 0. The van der Waals surface area contributed by atoms with Crippen LogP contribution in [0.15, 0.2) is 53.9 Å². The van der Waals surface area contributed by atoms with Gasteiger partial charge in [0.1, 0.15) is 0 Å². The molecule has 0 atom stereocenters. The van der Waals surface area contributed by atoms with Gasteiger partial charge in [0.15, 0.2) is 0 Å². The summed E-state index contributed by atoms with van der Waals surface area (Å²) in [5.74, 6) is 0.0593. The highest BCUT2D eigenvalue weighted by molar-refractivity contribution is 7.21. The first kappa shape index (κ1) is 20.5. The minimum atomic E-state index is 0.0593. The second-order valence-corrected chi connectivity index (χ2v) is 10.2. The van der Waals surface area contributed by atoms with Crippen LogP contribution in [0.5, 0.6) is 0 Å². The molecule has 158 valence electrons. The fourth-order valence-corrected chi connectivity index (χ4v) is 6.48. The maximum absolute atomic E-state index is 12.7. The molecule has 2 aromatic heterocycles. The summed E-state index contributed by atoms with van der Waals surface area (Å²) < 4.78 is 2.55. The summed E-state index contributed by atoms with van der Waals surface area (Å²) >= 11 is 3.42. The molecule has 1 N–H and O–H groups in total. The maximum atomic E-state index is 12.7. The number of fused-ring (bicyclic) bond motifs is 7. The number of carbonyl (C=O) groups is 1. The molecule has 0 saturated carbocycles. The number of carbonyl (C=O) groups excluding carboxylic acids is 1. The number of hydrogen-bond acceptors (Lipinski definition) is 3. The highest BCUT2D eigenvalue weighted by Crippen LogP contribution is 2.38. The second kappa shape index (κ2) is 8.97. The Balaban J connectivity index is 1.39. The van der Waals surface area contributed by atoms with Crippen LogP contribution in [-0.4, -0.2) is 12.5 Å². The van der Waals surface area contributed by atoms with E-state index in [-0.39, 0.29) is 5.91 Å². The van der Waals surface area contributed by atoms with Gasteiger partial charge in [-0.25, -0.2) is 0 Å². The number of unbranched alkanes of at least 4 members (excludes halogenated alkanes) is 5. The summed E-state index contributed by atoms with van der Waals surface area (Å²) in [6.07, 6.45) is 7.42. The van der Waals surface area contributed by atoms with Crippen molar-refractivity contribution in [3.8, 4) is 0 Å². The van der Waals surface area contributed by atoms with Crippen molar-refractivity contribution in [1.82, 2.24) is 5.32 Å². The molecule has 5 aromatic rings. The number of hydrogen-bond donors (Lipinski definition) is 1. The molecule has 31 heavy (non-hydrogen) atoms. The van der Waals surface area contributed by atoms with Gasteiger partial charge in [0, 0.05) is 26.7 Å². The van der Waals surface area contributed by atoms with Crippen molar-refractivity contribution in [2.45, 2.75) is 45.4 Å². The average molecular weight is 446 g/mol. The van der Waals surface area contributed by atoms with E-state index in [9.17, 15) is 4.79 Å². The second-order valence-electron chi connectivity index (χ2n) is 8.28. The monoisotopic (exact) mass is 445 g/mol. The number of thiophene rings is 2. The van der Waals surface area contributed by atoms with Gasteiger partial charge < -0.3 is 5.32 Å². The first-order valence-electron chi connectivity index (χ1n) is 11.3. The van der Waals surface area contributed by atoms with Gasteiger partial charge in [-0.15, -0.1) is 22.7 Å². The molecule has 1 amide bonds. The van der Waals surface area contributed by atoms with Crippen molar-refractivity contribution in [2.24, 2.45) is 0 Å². The highest BCUT2D eigenvalue weighted by Gasteiger charge is 2.13. The van der Waals surface area contributed by atoms with E-state index in [0.29, 0.717) is 0 Å². The summed E-state index contributed by atoms with van der Waals surface area (Å²) in [5, 5.41) is 12.8. The molecule has 0 aliphatic rings. The minimum Gasteiger partial charge on any atom is -0.351 e. The lowest BCUT2D eigenvalue weighted by Crippen LogP contribution is -2.23. The summed E-state index contributed by atoms with van der Waals surface area (Å²) in [4.78, 5) is 13.5. The fourth-order valence-electron chi connectivity index (χ4n) is 4.45. The van der Waals surface area contributed by atoms with Gasteiger partial charge in [-0.3, -0.25) is 4.79 Å². The third-order valence-electron chi connectivity index (χ3n) is 6.13. The van der Waals surface area contributed by atoms with Crippen LogP contribution in [0, 0.1) is 0 Å². The zero-order valence-electron chi connectivity index (χ0n) is 17.9. The molecular formula is C27H27NOS2. The standard InChI is InChI=1S/C27H27NOS2/c1-2-3-4-5-6-7-15-28-27(29)24-17-19-9-11-21-20-10-8-18-14-16-30-25(18)22(20)12-13-23(21)26(19)31-24/h8-14,16-17H,2-7,15H2,1H3,(H,28,29). The van der Waals surface area contributed by atoms with E-state index in [1.165, 1.54) is 68.4 Å². The summed E-state index contributed by atoms with van der Waals surface area (Å²) in [6.45, 7) is 3.00. The molecule has 0 aliphatic carbocycles. The van der Waals surface area contributed by atoms with Gasteiger partial charge in [-0.1, -0.05) is 75.4 Å². The highest BCUT2D eigenvalue weighted by atomic mass is 32.1. The molecule has 2 nitrogen and oxygen atoms in total. The van der Waals surface area contributed by atoms with Crippen molar-refractivity contribution >= 4 is 70.3 Å². The molecule has 0 spiro atoms. The Hall–Kier alpha value is -2.43. The Morgan fingerprint density at radius 1 is 0.774 bits per heavy atom. The van der Waals surface area contributed by atoms with Crippen molar-refractivity contribution in [2.75, 3.05) is 6.54 Å². The van der Waals surface area contributed by atoms with Gasteiger partial charge in [0.25, 0.3) is 5.91 Å². The number of benzene rings is 3. The summed E-state index contributed by atoms with van der Waals surface area (Å²) in [5.41, 5.74) is 0. The number of nitrogens with one attached hydrogen (secondary N) is 1. The average Bonchev–Trinajstić information content (AvgIpc) is 3.45. The molecule has 4 heteroatoms. The molecule has 0 fully saturated rings. The smallest absolute Gasteiger partial charge is 0.261 e. The van der Waals surface area contributed by atoms with Crippen molar-refractivity contribution in [3.05, 3.63) is 58.8 Å². The Morgan fingerprint density at radius 3 is 2.26 bits per heavy atom. The molecule has 0 radical (unpaired) electrons. The zero-order valence-corrected chi connectivity index (χ0v) is 19.5. The van der Waals surface area contributed by atoms with E-state index in [0.717, 1.165) is 23.2 Å². The van der Waals surface area contributed by atoms with Crippen LogP contribution in [0.4, 0.5) is 0 Å². The van der Waals surface area contributed by atoms with E-state index >= 15 is 0 Å². The predicted molar refractivity (Wildman–Crippen MR) is 138 cm³/mol. The molecule has 0 bridgehead atoms. The third kappa shape index (κ3) is 3.95. The predicted octanol–water partition coefficient (Wildman–Crippen LogP) is 8.51. The Morgan fingerprint density at radius 2 is 1.45 bits per heavy atom. The van der Waals surface area contributed by atoms with E-state index < -0.39 is 0 Å². The molecular weight excluding hydrogens is 418 g/mol. The first-order valence-corrected chi connectivity index (χ1v) is 13.0. The Labute approximate surface area is 190 Å². The van der Waals surface area contributed by atoms with E-state index in [1.807, 2.05) is 6.07 Å². The lowest BCUT2D eigenvalue weighted by atomic mass is 10.00. The fraction of sp³-hybridized carbons (Fsp3) is 0.296. The molecule has 0 saturated heterocycles. The van der Waals surface area contributed by atoms with Crippen LogP contribution in [0.3, 0.4) is 0 Å². The van der Waals surface area contributed by atoms with Gasteiger partial charge in [-0.05, 0) is 45.5 Å². The van der Waals surface area contributed by atoms with E-state index in [4.69, 9.17) is 0 Å². The van der Waals surface area contributed by atoms with Crippen LogP contribution in [0.1, 0.15) is 55.1 Å².